The molecule has 1 aliphatic rings. The Labute approximate surface area is 106 Å². The van der Waals surface area contributed by atoms with Crippen molar-refractivity contribution < 1.29 is 9.63 Å². The van der Waals surface area contributed by atoms with Gasteiger partial charge >= 0.3 is 0 Å². The highest BCUT2D eigenvalue weighted by Crippen LogP contribution is 2.31. The molecule has 3 rings (SSSR count). The van der Waals surface area contributed by atoms with Crippen LogP contribution in [0.25, 0.3) is 0 Å². The van der Waals surface area contributed by atoms with Gasteiger partial charge in [0.1, 0.15) is 6.10 Å². The molecule has 2 unspecified atom stereocenters. The van der Waals surface area contributed by atoms with Crippen molar-refractivity contribution in [2.75, 3.05) is 0 Å². The fourth-order valence-electron chi connectivity index (χ4n) is 2.49. The van der Waals surface area contributed by atoms with Crippen LogP contribution >= 0.6 is 0 Å². The molecule has 0 amide bonds. The van der Waals surface area contributed by atoms with Gasteiger partial charge in [-0.2, -0.15) is 4.98 Å². The van der Waals surface area contributed by atoms with Crippen molar-refractivity contribution in [2.24, 2.45) is 0 Å². The second-order valence-corrected chi connectivity index (χ2v) is 4.88. The van der Waals surface area contributed by atoms with Crippen LogP contribution in [0.5, 0.6) is 0 Å². The van der Waals surface area contributed by atoms with E-state index in [9.17, 15) is 5.11 Å². The van der Waals surface area contributed by atoms with E-state index >= 15 is 0 Å². The molecule has 0 saturated carbocycles. The number of nitrogens with zero attached hydrogens (tertiary/aromatic N) is 2. The molecule has 1 aromatic heterocycles. The fourth-order valence-corrected chi connectivity index (χ4v) is 2.49. The lowest BCUT2D eigenvalue weighted by Crippen LogP contribution is -2.13. The maximum atomic E-state index is 9.41. The summed E-state index contributed by atoms with van der Waals surface area (Å²) in [4.78, 5) is 4.28. The van der Waals surface area contributed by atoms with Gasteiger partial charge in [-0.3, -0.25) is 0 Å². The standard InChI is InChI=1S/C14H16N2O2/c1-9(17)13-15-14(18-16-13)12-7-6-10-4-2-3-5-11(10)8-12/h2-5,9,12,17H,6-8H2,1H3. The summed E-state index contributed by atoms with van der Waals surface area (Å²) in [6.45, 7) is 1.64. The zero-order chi connectivity index (χ0) is 12.5. The molecule has 2 atom stereocenters. The molecule has 2 aromatic rings. The van der Waals surface area contributed by atoms with Crippen LogP contribution in [-0.4, -0.2) is 15.2 Å². The van der Waals surface area contributed by atoms with Crippen LogP contribution in [0.3, 0.4) is 0 Å². The number of aromatic nitrogens is 2. The molecule has 18 heavy (non-hydrogen) atoms. The first kappa shape index (κ1) is 11.4. The second kappa shape index (κ2) is 4.53. The van der Waals surface area contributed by atoms with Gasteiger partial charge in [-0.15, -0.1) is 0 Å². The summed E-state index contributed by atoms with van der Waals surface area (Å²) in [6.07, 6.45) is 2.35. The van der Waals surface area contributed by atoms with E-state index in [1.54, 1.807) is 6.92 Å². The Morgan fingerprint density at radius 2 is 2.11 bits per heavy atom. The summed E-state index contributed by atoms with van der Waals surface area (Å²) < 4.78 is 5.26. The van der Waals surface area contributed by atoms with E-state index < -0.39 is 6.10 Å². The predicted octanol–water partition coefficient (Wildman–Crippen LogP) is 2.40. The third kappa shape index (κ3) is 2.04. The predicted molar refractivity (Wildman–Crippen MR) is 66.1 cm³/mol. The lowest BCUT2D eigenvalue weighted by Gasteiger charge is -2.21. The lowest BCUT2D eigenvalue weighted by molar-refractivity contribution is 0.184. The van der Waals surface area contributed by atoms with Gasteiger partial charge in [0, 0.05) is 5.92 Å². The fraction of sp³-hybridized carbons (Fsp3) is 0.429. The van der Waals surface area contributed by atoms with Crippen LogP contribution in [0.15, 0.2) is 28.8 Å². The highest BCUT2D eigenvalue weighted by molar-refractivity contribution is 5.31. The number of benzene rings is 1. The molecule has 0 bridgehead atoms. The second-order valence-electron chi connectivity index (χ2n) is 4.88. The van der Waals surface area contributed by atoms with Gasteiger partial charge in [-0.1, -0.05) is 29.4 Å². The zero-order valence-electron chi connectivity index (χ0n) is 10.3. The quantitative estimate of drug-likeness (QED) is 0.881. The minimum Gasteiger partial charge on any atom is -0.385 e. The first-order chi connectivity index (χ1) is 8.74. The SMILES string of the molecule is CC(O)c1noc(C2CCc3ccccc3C2)n1. The van der Waals surface area contributed by atoms with Crippen LogP contribution in [0, 0.1) is 0 Å². The van der Waals surface area contributed by atoms with E-state index in [0.717, 1.165) is 19.3 Å². The van der Waals surface area contributed by atoms with Gasteiger partial charge in [0.2, 0.25) is 5.89 Å². The topological polar surface area (TPSA) is 59.2 Å². The maximum Gasteiger partial charge on any atom is 0.230 e. The van der Waals surface area contributed by atoms with Gasteiger partial charge < -0.3 is 9.63 Å². The smallest absolute Gasteiger partial charge is 0.230 e. The Morgan fingerprint density at radius 1 is 1.33 bits per heavy atom. The number of hydrogen-bond donors (Lipinski definition) is 1. The monoisotopic (exact) mass is 244 g/mol. The zero-order valence-corrected chi connectivity index (χ0v) is 10.3. The van der Waals surface area contributed by atoms with Crippen molar-refractivity contribution in [3.63, 3.8) is 0 Å². The average Bonchev–Trinajstić information content (AvgIpc) is 2.88. The highest BCUT2D eigenvalue weighted by atomic mass is 16.5. The molecule has 0 radical (unpaired) electrons. The Bertz CT molecular complexity index is 548. The summed E-state index contributed by atoms with van der Waals surface area (Å²) in [5.41, 5.74) is 2.79. The van der Waals surface area contributed by atoms with Crippen LogP contribution in [0.2, 0.25) is 0 Å². The molecule has 1 heterocycles. The van der Waals surface area contributed by atoms with Crippen LogP contribution in [-0.2, 0) is 12.8 Å². The number of aliphatic hydroxyl groups is 1. The molecule has 1 aliphatic carbocycles. The minimum atomic E-state index is -0.668. The van der Waals surface area contributed by atoms with Crippen molar-refractivity contribution in [3.8, 4) is 0 Å². The molecular weight excluding hydrogens is 228 g/mol. The van der Waals surface area contributed by atoms with E-state index in [0.29, 0.717) is 11.7 Å². The van der Waals surface area contributed by atoms with Crippen LogP contribution in [0.1, 0.15) is 48.2 Å². The normalized spacial score (nSPS) is 20.4. The molecule has 4 nitrogen and oxygen atoms in total. The van der Waals surface area contributed by atoms with E-state index in [4.69, 9.17) is 4.52 Å². The van der Waals surface area contributed by atoms with E-state index in [-0.39, 0.29) is 5.92 Å². The number of rotatable bonds is 2. The summed E-state index contributed by atoms with van der Waals surface area (Å²) in [5.74, 6) is 1.31. The largest absolute Gasteiger partial charge is 0.385 e. The molecule has 1 aromatic carbocycles. The number of fused-ring (bicyclic) bond motifs is 1. The summed E-state index contributed by atoms with van der Waals surface area (Å²) in [5, 5.41) is 13.2. The first-order valence-corrected chi connectivity index (χ1v) is 6.32. The molecule has 0 saturated heterocycles. The van der Waals surface area contributed by atoms with Crippen molar-refractivity contribution >= 4 is 0 Å². The molecule has 0 spiro atoms. The van der Waals surface area contributed by atoms with Gasteiger partial charge in [0.05, 0.1) is 0 Å². The minimum absolute atomic E-state index is 0.278. The Morgan fingerprint density at radius 3 is 2.83 bits per heavy atom. The number of hydrogen-bond acceptors (Lipinski definition) is 4. The summed E-state index contributed by atoms with van der Waals surface area (Å²) >= 11 is 0. The summed E-state index contributed by atoms with van der Waals surface area (Å²) in [7, 11) is 0. The molecule has 94 valence electrons. The molecule has 1 N–H and O–H groups in total. The lowest BCUT2D eigenvalue weighted by atomic mass is 9.84. The Hall–Kier alpha value is -1.68. The van der Waals surface area contributed by atoms with Crippen molar-refractivity contribution in [3.05, 3.63) is 47.1 Å². The van der Waals surface area contributed by atoms with Crippen molar-refractivity contribution in [1.29, 1.82) is 0 Å². The van der Waals surface area contributed by atoms with Crippen molar-refractivity contribution in [1.82, 2.24) is 10.1 Å². The average molecular weight is 244 g/mol. The third-order valence-electron chi connectivity index (χ3n) is 3.53. The number of aryl methyl sites for hydroxylation is 1. The molecular formula is C14H16N2O2. The van der Waals surface area contributed by atoms with Gasteiger partial charge in [0.25, 0.3) is 0 Å². The Balaban J connectivity index is 1.83. The highest BCUT2D eigenvalue weighted by Gasteiger charge is 2.25. The van der Waals surface area contributed by atoms with Gasteiger partial charge in [-0.05, 0) is 37.3 Å². The number of aliphatic hydroxyl groups excluding tert-OH is 1. The molecule has 0 aliphatic heterocycles. The molecule has 0 fully saturated rings. The van der Waals surface area contributed by atoms with E-state index in [1.165, 1.54) is 11.1 Å². The van der Waals surface area contributed by atoms with E-state index in [2.05, 4.69) is 34.4 Å². The van der Waals surface area contributed by atoms with E-state index in [1.807, 2.05) is 0 Å². The first-order valence-electron chi connectivity index (χ1n) is 6.32. The molecule has 4 heteroatoms. The Kier molecular flexibility index (Phi) is 2.88. The maximum absolute atomic E-state index is 9.41. The summed E-state index contributed by atoms with van der Waals surface area (Å²) in [6, 6.07) is 8.49. The third-order valence-corrected chi connectivity index (χ3v) is 3.53. The van der Waals surface area contributed by atoms with Gasteiger partial charge in [0.15, 0.2) is 5.82 Å². The van der Waals surface area contributed by atoms with Crippen LogP contribution < -0.4 is 0 Å². The van der Waals surface area contributed by atoms with Crippen LogP contribution in [0.4, 0.5) is 0 Å². The van der Waals surface area contributed by atoms with Crippen molar-refractivity contribution in [2.45, 2.75) is 38.2 Å². The van der Waals surface area contributed by atoms with Gasteiger partial charge in [-0.25, -0.2) is 0 Å².